The molecule has 3 aliphatic rings. The van der Waals surface area contributed by atoms with E-state index in [0.29, 0.717) is 18.5 Å². The lowest BCUT2D eigenvalue weighted by Gasteiger charge is -2.22. The summed E-state index contributed by atoms with van der Waals surface area (Å²) in [5.41, 5.74) is 0. The summed E-state index contributed by atoms with van der Waals surface area (Å²) in [6, 6.07) is 0.646. The van der Waals surface area contributed by atoms with E-state index < -0.39 is 0 Å². The molecule has 3 aliphatic carbocycles. The molecule has 0 atom stereocenters. The van der Waals surface area contributed by atoms with Crippen LogP contribution in [0.15, 0.2) is 0 Å². The van der Waals surface area contributed by atoms with Crippen molar-refractivity contribution in [2.45, 2.75) is 44.6 Å². The van der Waals surface area contributed by atoms with E-state index in [1.807, 2.05) is 0 Å². The second-order valence-electron chi connectivity index (χ2n) is 5.84. The highest BCUT2D eigenvalue weighted by Crippen LogP contribution is 2.33. The summed E-state index contributed by atoms with van der Waals surface area (Å²) in [4.78, 5) is 14.2. The number of hydrogen-bond acceptors (Lipinski definition) is 2. The minimum Gasteiger partial charge on any atom is -0.341 e. The smallest absolute Gasteiger partial charge is 0.236 e. The number of amides is 1. The van der Waals surface area contributed by atoms with Gasteiger partial charge in [0.25, 0.3) is 0 Å². The Kier molecular flexibility index (Phi) is 2.88. The van der Waals surface area contributed by atoms with Gasteiger partial charge in [0.2, 0.25) is 5.91 Å². The standard InChI is InChI=1S/C13H22N2O/c16-13(7-14-12-5-6-12)15(8-10-1-2-10)9-11-3-4-11/h10-12,14H,1-9H2. The molecule has 3 nitrogen and oxygen atoms in total. The number of carbonyl (C=O) groups is 1. The van der Waals surface area contributed by atoms with Crippen molar-refractivity contribution in [3.63, 3.8) is 0 Å². The Morgan fingerprint density at radius 1 is 1.00 bits per heavy atom. The van der Waals surface area contributed by atoms with Crippen LogP contribution in [0.1, 0.15) is 38.5 Å². The zero-order chi connectivity index (χ0) is 11.0. The van der Waals surface area contributed by atoms with E-state index in [4.69, 9.17) is 0 Å². The van der Waals surface area contributed by atoms with E-state index in [0.717, 1.165) is 24.9 Å². The van der Waals surface area contributed by atoms with Gasteiger partial charge in [-0.15, -0.1) is 0 Å². The third-order valence-electron chi connectivity index (χ3n) is 3.82. The monoisotopic (exact) mass is 222 g/mol. The molecular formula is C13H22N2O. The fourth-order valence-corrected chi connectivity index (χ4v) is 2.13. The van der Waals surface area contributed by atoms with Crippen molar-refractivity contribution < 1.29 is 4.79 Å². The zero-order valence-corrected chi connectivity index (χ0v) is 9.95. The van der Waals surface area contributed by atoms with Gasteiger partial charge in [-0.05, 0) is 50.4 Å². The van der Waals surface area contributed by atoms with Crippen LogP contribution in [0.25, 0.3) is 0 Å². The molecule has 1 amide bonds. The Labute approximate surface area is 97.6 Å². The molecule has 16 heavy (non-hydrogen) atoms. The summed E-state index contributed by atoms with van der Waals surface area (Å²) < 4.78 is 0. The molecule has 3 saturated carbocycles. The lowest BCUT2D eigenvalue weighted by atomic mass is 10.3. The van der Waals surface area contributed by atoms with E-state index >= 15 is 0 Å². The zero-order valence-electron chi connectivity index (χ0n) is 9.95. The van der Waals surface area contributed by atoms with Crippen LogP contribution in [0.3, 0.4) is 0 Å². The molecule has 0 radical (unpaired) electrons. The van der Waals surface area contributed by atoms with Crippen molar-refractivity contribution in [3.8, 4) is 0 Å². The minimum atomic E-state index is 0.339. The summed E-state index contributed by atoms with van der Waals surface area (Å²) >= 11 is 0. The molecule has 0 heterocycles. The highest BCUT2D eigenvalue weighted by Gasteiger charge is 2.31. The minimum absolute atomic E-state index is 0.339. The molecule has 0 aromatic carbocycles. The molecule has 3 heteroatoms. The van der Waals surface area contributed by atoms with E-state index in [1.54, 1.807) is 0 Å². The quantitative estimate of drug-likeness (QED) is 0.706. The average Bonchev–Trinajstić information content (AvgIpc) is 3.14. The highest BCUT2D eigenvalue weighted by molar-refractivity contribution is 5.78. The van der Waals surface area contributed by atoms with E-state index in [-0.39, 0.29) is 0 Å². The molecule has 1 N–H and O–H groups in total. The van der Waals surface area contributed by atoms with Gasteiger partial charge in [-0.3, -0.25) is 4.79 Å². The number of hydrogen-bond donors (Lipinski definition) is 1. The molecule has 0 bridgehead atoms. The Morgan fingerprint density at radius 3 is 2.00 bits per heavy atom. The van der Waals surface area contributed by atoms with Crippen LogP contribution in [0.4, 0.5) is 0 Å². The summed E-state index contributed by atoms with van der Waals surface area (Å²) in [6.45, 7) is 2.63. The van der Waals surface area contributed by atoms with Crippen molar-refractivity contribution in [1.82, 2.24) is 10.2 Å². The van der Waals surface area contributed by atoms with Crippen molar-refractivity contribution in [2.24, 2.45) is 11.8 Å². The highest BCUT2D eigenvalue weighted by atomic mass is 16.2. The maximum absolute atomic E-state index is 12.1. The first-order valence-corrected chi connectivity index (χ1v) is 6.82. The molecule has 0 aromatic rings. The van der Waals surface area contributed by atoms with Crippen LogP contribution in [-0.2, 0) is 4.79 Å². The Hall–Kier alpha value is -0.570. The molecule has 3 rings (SSSR count). The van der Waals surface area contributed by atoms with Crippen molar-refractivity contribution in [1.29, 1.82) is 0 Å². The fourth-order valence-electron chi connectivity index (χ4n) is 2.13. The van der Waals surface area contributed by atoms with Crippen LogP contribution in [0.2, 0.25) is 0 Å². The third kappa shape index (κ3) is 3.21. The van der Waals surface area contributed by atoms with Gasteiger partial charge in [-0.2, -0.15) is 0 Å². The van der Waals surface area contributed by atoms with E-state index in [2.05, 4.69) is 10.2 Å². The topological polar surface area (TPSA) is 32.3 Å². The maximum atomic E-state index is 12.1. The first-order chi connectivity index (χ1) is 7.81. The Bertz CT molecular complexity index is 253. The second kappa shape index (κ2) is 4.36. The Balaban J connectivity index is 1.45. The van der Waals surface area contributed by atoms with Crippen LogP contribution in [0, 0.1) is 11.8 Å². The van der Waals surface area contributed by atoms with Gasteiger partial charge < -0.3 is 10.2 Å². The maximum Gasteiger partial charge on any atom is 0.236 e. The first-order valence-electron chi connectivity index (χ1n) is 6.82. The molecule has 0 aromatic heterocycles. The predicted octanol–water partition coefficient (Wildman–Crippen LogP) is 1.39. The van der Waals surface area contributed by atoms with Crippen molar-refractivity contribution >= 4 is 5.91 Å². The Morgan fingerprint density at radius 2 is 1.56 bits per heavy atom. The second-order valence-corrected chi connectivity index (χ2v) is 5.84. The van der Waals surface area contributed by atoms with Gasteiger partial charge in [0.1, 0.15) is 0 Å². The lowest BCUT2D eigenvalue weighted by Crippen LogP contribution is -2.41. The molecule has 0 aliphatic heterocycles. The average molecular weight is 222 g/mol. The van der Waals surface area contributed by atoms with Crippen molar-refractivity contribution in [3.05, 3.63) is 0 Å². The third-order valence-corrected chi connectivity index (χ3v) is 3.82. The summed E-state index contributed by atoms with van der Waals surface area (Å²) in [6.07, 6.45) is 7.88. The van der Waals surface area contributed by atoms with E-state index in [1.165, 1.54) is 38.5 Å². The van der Waals surface area contributed by atoms with Gasteiger partial charge >= 0.3 is 0 Å². The molecule has 3 fully saturated rings. The number of nitrogens with one attached hydrogen (secondary N) is 1. The van der Waals surface area contributed by atoms with Gasteiger partial charge in [-0.1, -0.05) is 0 Å². The summed E-state index contributed by atoms with van der Waals surface area (Å²) in [7, 11) is 0. The summed E-state index contributed by atoms with van der Waals surface area (Å²) in [5.74, 6) is 1.98. The number of nitrogens with zero attached hydrogens (tertiary/aromatic N) is 1. The van der Waals surface area contributed by atoms with Gasteiger partial charge in [0, 0.05) is 19.1 Å². The number of carbonyl (C=O) groups excluding carboxylic acids is 1. The van der Waals surface area contributed by atoms with Gasteiger partial charge in [0.05, 0.1) is 6.54 Å². The molecule has 0 saturated heterocycles. The molecule has 0 unspecified atom stereocenters. The van der Waals surface area contributed by atoms with Crippen LogP contribution in [-0.4, -0.2) is 36.5 Å². The number of rotatable bonds is 7. The van der Waals surface area contributed by atoms with Crippen LogP contribution < -0.4 is 5.32 Å². The molecule has 90 valence electrons. The van der Waals surface area contributed by atoms with E-state index in [9.17, 15) is 4.79 Å². The van der Waals surface area contributed by atoms with Gasteiger partial charge in [-0.25, -0.2) is 0 Å². The largest absolute Gasteiger partial charge is 0.341 e. The SMILES string of the molecule is O=C(CNC1CC1)N(CC1CC1)CC1CC1. The van der Waals surface area contributed by atoms with Gasteiger partial charge in [0.15, 0.2) is 0 Å². The fraction of sp³-hybridized carbons (Fsp3) is 0.923. The summed E-state index contributed by atoms with van der Waals surface area (Å²) in [5, 5.41) is 3.33. The normalized spacial score (nSPS) is 24.5. The van der Waals surface area contributed by atoms with Crippen LogP contribution in [0.5, 0.6) is 0 Å². The molecular weight excluding hydrogens is 200 g/mol. The lowest BCUT2D eigenvalue weighted by molar-refractivity contribution is -0.130. The first kappa shape index (κ1) is 10.6. The molecule has 0 spiro atoms. The predicted molar refractivity (Wildman–Crippen MR) is 63.1 cm³/mol. The van der Waals surface area contributed by atoms with Crippen LogP contribution >= 0.6 is 0 Å². The van der Waals surface area contributed by atoms with Crippen molar-refractivity contribution in [2.75, 3.05) is 19.6 Å².